The molecule has 4 aromatic rings. The molecule has 4 aromatic carbocycles. The maximum absolute atomic E-state index is 7.18. The molecule has 0 atom stereocenters. The van der Waals surface area contributed by atoms with E-state index in [1.807, 2.05) is 60.9 Å². The van der Waals surface area contributed by atoms with Crippen LogP contribution >= 0.6 is 12.6 Å². The first-order valence-electron chi connectivity index (χ1n) is 16.3. The number of likely N-dealkylation sites (N-methyl/N-ethyl adjacent to an activating group) is 1. The summed E-state index contributed by atoms with van der Waals surface area (Å²) in [6, 6.07) is 32.9. The van der Waals surface area contributed by atoms with Crippen LogP contribution in [0.15, 0.2) is 126 Å². The summed E-state index contributed by atoms with van der Waals surface area (Å²) in [5.74, 6) is 1.49. The summed E-state index contributed by atoms with van der Waals surface area (Å²) in [7, 11) is 4.24. The predicted molar refractivity (Wildman–Crippen MR) is 206 cm³/mol. The highest BCUT2D eigenvalue weighted by Gasteiger charge is 2.42. The number of anilines is 2. The summed E-state index contributed by atoms with van der Waals surface area (Å²) < 4.78 is 14.6. The van der Waals surface area contributed by atoms with Crippen molar-refractivity contribution in [3.8, 4) is 16.9 Å². The molecule has 0 amide bonds. The van der Waals surface area contributed by atoms with E-state index in [4.69, 9.17) is 19.7 Å². The predicted octanol–water partition coefficient (Wildman–Crippen LogP) is 9.19. The van der Waals surface area contributed by atoms with Gasteiger partial charge in [-0.15, -0.1) is 0 Å². The zero-order chi connectivity index (χ0) is 35.0. The van der Waals surface area contributed by atoms with Crippen LogP contribution in [0.1, 0.15) is 38.8 Å². The number of hydrogen-bond donors (Lipinski definition) is 2. The lowest BCUT2D eigenvalue weighted by Gasteiger charge is -2.23. The lowest BCUT2D eigenvalue weighted by Crippen LogP contribution is -2.26. The van der Waals surface area contributed by atoms with Gasteiger partial charge in [-0.3, -0.25) is 4.99 Å². The van der Waals surface area contributed by atoms with Gasteiger partial charge in [0.05, 0.1) is 11.1 Å². The topological polar surface area (TPSA) is 72.9 Å². The third-order valence-corrected chi connectivity index (χ3v) is 9.16. The smallest absolute Gasteiger partial charge is 0.209 e. The van der Waals surface area contributed by atoms with Crippen LogP contribution in [0.25, 0.3) is 0 Å². The first-order chi connectivity index (χ1) is 23.6. The molecule has 2 aliphatic rings. The van der Waals surface area contributed by atoms with Gasteiger partial charge in [0.1, 0.15) is 42.8 Å². The highest BCUT2D eigenvalue weighted by Crippen LogP contribution is 2.46. The second kappa shape index (κ2) is 15.3. The van der Waals surface area contributed by atoms with Crippen LogP contribution in [0.4, 0.5) is 22.7 Å². The molecule has 0 aliphatic carbocycles. The first kappa shape index (κ1) is 35.1. The Bertz CT molecular complexity index is 1970. The zero-order valence-electron chi connectivity index (χ0n) is 29.0. The Hall–Kier alpha value is -5.26. The van der Waals surface area contributed by atoms with Crippen LogP contribution < -0.4 is 19.7 Å². The molecule has 0 unspecified atom stereocenters. The average molecular weight is 671 g/mol. The van der Waals surface area contributed by atoms with Crippen molar-refractivity contribution >= 4 is 47.3 Å². The summed E-state index contributed by atoms with van der Waals surface area (Å²) in [5.41, 5.74) is 9.07. The fourth-order valence-electron chi connectivity index (χ4n) is 6.70. The molecule has 0 saturated carbocycles. The van der Waals surface area contributed by atoms with Crippen molar-refractivity contribution in [2.45, 2.75) is 38.5 Å². The number of allylic oxidation sites excluding steroid dienone is 3. The molecule has 0 bridgehead atoms. The van der Waals surface area contributed by atoms with Gasteiger partial charge in [0.2, 0.25) is 5.69 Å². The van der Waals surface area contributed by atoms with Crippen LogP contribution in [0, 0.1) is 10.7 Å². The molecule has 2 aliphatic heterocycles. The highest BCUT2D eigenvalue weighted by atomic mass is 32.1. The van der Waals surface area contributed by atoms with Crippen molar-refractivity contribution in [2.75, 3.05) is 37.5 Å². The van der Waals surface area contributed by atoms with Gasteiger partial charge in [0.25, 0.3) is 0 Å². The number of benzene rings is 4. The number of hydrogen-bond acceptors (Lipinski definition) is 7. The van der Waals surface area contributed by atoms with Crippen molar-refractivity contribution in [1.29, 1.82) is 5.26 Å². The third kappa shape index (κ3) is 7.43. The summed E-state index contributed by atoms with van der Waals surface area (Å²) in [5, 5.41) is 12.1. The molecule has 8 heteroatoms. The summed E-state index contributed by atoms with van der Waals surface area (Å²) in [4.78, 5) is 7.01. The van der Waals surface area contributed by atoms with Gasteiger partial charge in [0.15, 0.2) is 5.71 Å². The normalized spacial score (nSPS) is 16.3. The van der Waals surface area contributed by atoms with Gasteiger partial charge < -0.3 is 19.7 Å². The van der Waals surface area contributed by atoms with Gasteiger partial charge >= 0.3 is 0 Å². The van der Waals surface area contributed by atoms with Crippen molar-refractivity contribution in [1.82, 2.24) is 0 Å². The Morgan fingerprint density at radius 2 is 1.43 bits per heavy atom. The van der Waals surface area contributed by atoms with Crippen molar-refractivity contribution in [2.24, 2.45) is 4.99 Å². The molecule has 2 heterocycles. The molecule has 49 heavy (non-hydrogen) atoms. The number of aliphatic imine (C=N–C) groups is 1. The molecule has 0 spiro atoms. The fourth-order valence-corrected chi connectivity index (χ4v) is 6.70. The summed E-state index contributed by atoms with van der Waals surface area (Å²) in [6.45, 7) is 9.82. The first-order valence-corrected chi connectivity index (χ1v) is 16.7. The van der Waals surface area contributed by atoms with Crippen molar-refractivity contribution in [3.05, 3.63) is 132 Å². The SMILES string of the molecule is CN1C(=CC=Nc2ccccc2OCCOc2ccccc2NC=CC2=[N+](C)c3ccccc3C2(C)C)C(C)(C)c2ccccc21.N#CS. The van der Waals surface area contributed by atoms with Gasteiger partial charge in [0, 0.05) is 54.0 Å². The third-order valence-electron chi connectivity index (χ3n) is 9.16. The van der Waals surface area contributed by atoms with E-state index in [-0.39, 0.29) is 10.8 Å². The number of thiocyanates is 1. The number of thiol groups is 1. The van der Waals surface area contributed by atoms with Crippen LogP contribution in [0.3, 0.4) is 0 Å². The van der Waals surface area contributed by atoms with E-state index in [0.29, 0.717) is 13.2 Å². The maximum atomic E-state index is 7.18. The Morgan fingerprint density at radius 3 is 2.14 bits per heavy atom. The van der Waals surface area contributed by atoms with Gasteiger partial charge in [-0.1, -0.05) is 87.1 Å². The molecule has 6 rings (SSSR count). The minimum absolute atomic E-state index is 0.0800. The maximum Gasteiger partial charge on any atom is 0.209 e. The van der Waals surface area contributed by atoms with Crippen LogP contribution in [0.5, 0.6) is 11.5 Å². The van der Waals surface area contributed by atoms with E-state index >= 15 is 0 Å². The standard InChI is InChI=1S/C40H42N4O2.CHNS/c1-39(2)29-15-7-11-19-33(29)43(5)37(39)23-25-41-31-17-9-13-21-35(31)45-27-28-46-36-22-14-10-18-32(36)42-26-24-38-40(3,4)30-16-8-12-20-34(30)44(38)6;2-1-3/h7-26H,27-28H2,1-6H3;3H/p+1. The lowest BCUT2D eigenvalue weighted by atomic mass is 9.81. The number of fused-ring (bicyclic) bond motifs is 2. The summed E-state index contributed by atoms with van der Waals surface area (Å²) >= 11 is 3.09. The number of nitrogens with one attached hydrogen (secondary N) is 1. The molecule has 250 valence electrons. The minimum atomic E-state index is -0.0974. The molecule has 0 saturated heterocycles. The molecular weight excluding hydrogens is 627 g/mol. The van der Waals surface area contributed by atoms with Gasteiger partial charge in [-0.2, -0.15) is 9.84 Å². The molecule has 0 radical (unpaired) electrons. The zero-order valence-corrected chi connectivity index (χ0v) is 29.9. The largest absolute Gasteiger partial charge is 0.488 e. The highest BCUT2D eigenvalue weighted by molar-refractivity contribution is 7.85. The fraction of sp³-hybridized carbons (Fsp3) is 0.244. The second-order valence-corrected chi connectivity index (χ2v) is 13.1. The molecule has 1 N–H and O–H groups in total. The van der Waals surface area contributed by atoms with Gasteiger partial charge in [-0.25, -0.2) is 0 Å². The number of nitrogens with zero attached hydrogens (tertiary/aromatic N) is 4. The molecule has 7 nitrogen and oxygen atoms in total. The molecule has 0 fully saturated rings. The molecule has 0 aromatic heterocycles. The van der Waals surface area contributed by atoms with Crippen LogP contribution in [-0.4, -0.2) is 43.8 Å². The number of para-hydroxylation sites is 6. The monoisotopic (exact) mass is 670 g/mol. The Kier molecular flexibility index (Phi) is 11.0. The van der Waals surface area contributed by atoms with E-state index < -0.39 is 0 Å². The Morgan fingerprint density at radius 1 is 0.837 bits per heavy atom. The average Bonchev–Trinajstić information content (AvgIpc) is 3.42. The van der Waals surface area contributed by atoms with E-state index in [9.17, 15) is 0 Å². The Balaban J connectivity index is 0.00000151. The van der Waals surface area contributed by atoms with E-state index in [1.54, 1.807) is 0 Å². The quantitative estimate of drug-likeness (QED) is 0.0579. The van der Waals surface area contributed by atoms with E-state index in [1.165, 1.54) is 39.3 Å². The van der Waals surface area contributed by atoms with E-state index in [2.05, 4.69) is 130 Å². The van der Waals surface area contributed by atoms with Crippen molar-refractivity contribution < 1.29 is 14.0 Å². The van der Waals surface area contributed by atoms with Crippen LogP contribution in [-0.2, 0) is 10.8 Å². The number of ether oxygens (including phenoxy) is 2. The second-order valence-electron chi connectivity index (χ2n) is 12.9. The number of rotatable bonds is 10. The number of nitriles is 1. The minimum Gasteiger partial charge on any atom is -0.488 e. The van der Waals surface area contributed by atoms with Crippen LogP contribution in [0.2, 0.25) is 0 Å². The lowest BCUT2D eigenvalue weighted by molar-refractivity contribution is -0.401. The molecular formula is C41H44N5O2S+. The Labute approximate surface area is 296 Å². The summed E-state index contributed by atoms with van der Waals surface area (Å²) in [6.07, 6.45) is 8.11. The van der Waals surface area contributed by atoms with Gasteiger partial charge in [-0.05, 0) is 55.8 Å². The van der Waals surface area contributed by atoms with E-state index in [0.717, 1.165) is 22.9 Å². The van der Waals surface area contributed by atoms with Crippen molar-refractivity contribution in [3.63, 3.8) is 0 Å².